The van der Waals surface area contributed by atoms with Crippen molar-refractivity contribution in [1.29, 1.82) is 0 Å². The van der Waals surface area contributed by atoms with Crippen LogP contribution in [0.4, 0.5) is 5.69 Å². The fourth-order valence-corrected chi connectivity index (χ4v) is 2.76. The lowest BCUT2D eigenvalue weighted by molar-refractivity contribution is -0.116. The lowest BCUT2D eigenvalue weighted by atomic mass is 10.1. The topological polar surface area (TPSA) is 83.8 Å². The Kier molecular flexibility index (Phi) is 3.13. The van der Waals surface area contributed by atoms with Gasteiger partial charge < -0.3 is 9.72 Å². The summed E-state index contributed by atoms with van der Waals surface area (Å²) in [4.78, 5) is 41.9. The maximum atomic E-state index is 12.3. The number of nitrogens with zero attached hydrogens (tertiary/aromatic N) is 3. The molecule has 0 spiro atoms. The van der Waals surface area contributed by atoms with E-state index in [0.29, 0.717) is 22.5 Å². The van der Waals surface area contributed by atoms with Gasteiger partial charge in [0, 0.05) is 18.6 Å². The summed E-state index contributed by atoms with van der Waals surface area (Å²) in [7, 11) is 0. The van der Waals surface area contributed by atoms with E-state index >= 15 is 0 Å². The van der Waals surface area contributed by atoms with Crippen molar-refractivity contribution in [3.8, 4) is 0 Å². The van der Waals surface area contributed by atoms with Crippen LogP contribution in [-0.4, -0.2) is 38.6 Å². The molecule has 0 atom stereocenters. The van der Waals surface area contributed by atoms with Crippen molar-refractivity contribution in [2.75, 3.05) is 11.9 Å². The predicted molar refractivity (Wildman–Crippen MR) is 85.6 cm³/mol. The smallest absolute Gasteiger partial charge is 0.262 e. The number of nitrogens with one attached hydrogen (secondary N) is 1. The van der Waals surface area contributed by atoms with Crippen LogP contribution in [0.2, 0.25) is 0 Å². The van der Waals surface area contributed by atoms with E-state index in [0.717, 1.165) is 4.90 Å². The summed E-state index contributed by atoms with van der Waals surface area (Å²) in [6, 6.07) is 10.0. The van der Waals surface area contributed by atoms with E-state index in [9.17, 15) is 14.4 Å². The molecule has 3 aromatic rings. The molecule has 3 amide bonds. The monoisotopic (exact) mass is 320 g/mol. The van der Waals surface area contributed by atoms with Crippen LogP contribution in [0.5, 0.6) is 0 Å². The summed E-state index contributed by atoms with van der Waals surface area (Å²) in [5, 5.41) is 2.70. The summed E-state index contributed by atoms with van der Waals surface area (Å²) in [5.74, 6) is -1.37. The number of pyridine rings is 1. The van der Waals surface area contributed by atoms with Gasteiger partial charge in [-0.2, -0.15) is 0 Å². The van der Waals surface area contributed by atoms with Crippen LogP contribution in [0.25, 0.3) is 5.65 Å². The minimum Gasteiger partial charge on any atom is -0.321 e. The second-order valence-electron chi connectivity index (χ2n) is 5.37. The van der Waals surface area contributed by atoms with Crippen molar-refractivity contribution >= 4 is 29.1 Å². The molecule has 0 fully saturated rings. The Morgan fingerprint density at radius 3 is 2.42 bits per heavy atom. The fraction of sp³-hybridized carbons (Fsp3) is 0.0588. The summed E-state index contributed by atoms with van der Waals surface area (Å²) in [6.45, 7) is -0.339. The third-order valence-electron chi connectivity index (χ3n) is 3.87. The van der Waals surface area contributed by atoms with Crippen molar-refractivity contribution in [3.05, 3.63) is 66.1 Å². The van der Waals surface area contributed by atoms with E-state index in [-0.39, 0.29) is 6.54 Å². The molecule has 7 heteroatoms. The number of hydrogen-bond donors (Lipinski definition) is 1. The highest BCUT2D eigenvalue weighted by Gasteiger charge is 2.36. The maximum Gasteiger partial charge on any atom is 0.262 e. The molecule has 1 aliphatic heterocycles. The van der Waals surface area contributed by atoms with Gasteiger partial charge in [0.15, 0.2) is 5.65 Å². The first kappa shape index (κ1) is 14.1. The number of carbonyl (C=O) groups excluding carboxylic acids is 3. The molecule has 1 aromatic carbocycles. The highest BCUT2D eigenvalue weighted by atomic mass is 16.2. The van der Waals surface area contributed by atoms with Crippen LogP contribution < -0.4 is 5.32 Å². The molecule has 1 aliphatic rings. The van der Waals surface area contributed by atoms with E-state index in [2.05, 4.69) is 10.3 Å². The number of benzene rings is 1. The lowest BCUT2D eigenvalue weighted by Crippen LogP contribution is -2.37. The Morgan fingerprint density at radius 1 is 1.00 bits per heavy atom. The molecule has 7 nitrogen and oxygen atoms in total. The molecular formula is C17H12N4O3. The molecule has 0 saturated carbocycles. The number of imide groups is 1. The number of hydrogen-bond acceptors (Lipinski definition) is 4. The average molecular weight is 320 g/mol. The van der Waals surface area contributed by atoms with Crippen LogP contribution in [-0.2, 0) is 4.79 Å². The van der Waals surface area contributed by atoms with Crippen molar-refractivity contribution in [1.82, 2.24) is 14.3 Å². The molecule has 0 saturated heterocycles. The van der Waals surface area contributed by atoms with Crippen LogP contribution in [0.3, 0.4) is 0 Å². The molecule has 0 radical (unpaired) electrons. The van der Waals surface area contributed by atoms with Crippen LogP contribution in [0.1, 0.15) is 20.7 Å². The quantitative estimate of drug-likeness (QED) is 0.743. The first-order valence-corrected chi connectivity index (χ1v) is 7.32. The van der Waals surface area contributed by atoms with Gasteiger partial charge in [-0.05, 0) is 24.3 Å². The van der Waals surface area contributed by atoms with E-state index in [1.807, 2.05) is 6.20 Å². The minimum atomic E-state index is -0.458. The van der Waals surface area contributed by atoms with Crippen LogP contribution in [0.15, 0.2) is 55.0 Å². The normalized spacial score (nSPS) is 13.4. The van der Waals surface area contributed by atoms with E-state index < -0.39 is 17.7 Å². The molecule has 24 heavy (non-hydrogen) atoms. The number of amides is 3. The zero-order chi connectivity index (χ0) is 16.7. The first-order chi connectivity index (χ1) is 11.6. The van der Waals surface area contributed by atoms with Crippen molar-refractivity contribution in [2.45, 2.75) is 0 Å². The lowest BCUT2D eigenvalue weighted by Gasteiger charge is -2.13. The summed E-state index contributed by atoms with van der Waals surface area (Å²) < 4.78 is 1.76. The Morgan fingerprint density at radius 2 is 1.71 bits per heavy atom. The summed E-state index contributed by atoms with van der Waals surface area (Å²) in [6.07, 6.45) is 5.19. The average Bonchev–Trinajstić information content (AvgIpc) is 3.16. The third kappa shape index (κ3) is 2.14. The van der Waals surface area contributed by atoms with Gasteiger partial charge in [0.05, 0.1) is 16.8 Å². The molecular weight excluding hydrogens is 308 g/mol. The molecule has 3 heterocycles. The third-order valence-corrected chi connectivity index (χ3v) is 3.87. The highest BCUT2D eigenvalue weighted by molar-refractivity contribution is 6.22. The van der Waals surface area contributed by atoms with Crippen LogP contribution >= 0.6 is 0 Å². The molecule has 118 valence electrons. The van der Waals surface area contributed by atoms with Gasteiger partial charge in [-0.3, -0.25) is 19.3 Å². The number of anilines is 1. The van der Waals surface area contributed by atoms with E-state index in [1.54, 1.807) is 53.2 Å². The zero-order valence-electron chi connectivity index (χ0n) is 12.5. The van der Waals surface area contributed by atoms with E-state index in [4.69, 9.17) is 0 Å². The number of imidazole rings is 1. The number of fused-ring (bicyclic) bond motifs is 2. The SMILES string of the molecule is O=C(CN1C(=O)c2ccccc2C1=O)Nc1cccn2ccnc12. The second-order valence-corrected chi connectivity index (χ2v) is 5.37. The van der Waals surface area contributed by atoms with Gasteiger partial charge >= 0.3 is 0 Å². The van der Waals surface area contributed by atoms with E-state index in [1.165, 1.54) is 0 Å². The van der Waals surface area contributed by atoms with Gasteiger partial charge in [0.1, 0.15) is 6.54 Å². The number of rotatable bonds is 3. The molecule has 0 aliphatic carbocycles. The summed E-state index contributed by atoms with van der Waals surface area (Å²) >= 11 is 0. The Bertz CT molecular complexity index is 957. The zero-order valence-corrected chi connectivity index (χ0v) is 12.5. The summed E-state index contributed by atoms with van der Waals surface area (Å²) in [5.41, 5.74) is 1.76. The van der Waals surface area contributed by atoms with Gasteiger partial charge in [-0.15, -0.1) is 0 Å². The maximum absolute atomic E-state index is 12.3. The fourth-order valence-electron chi connectivity index (χ4n) is 2.76. The largest absolute Gasteiger partial charge is 0.321 e. The highest BCUT2D eigenvalue weighted by Crippen LogP contribution is 2.22. The van der Waals surface area contributed by atoms with Gasteiger partial charge in [-0.1, -0.05) is 12.1 Å². The Hall–Kier alpha value is -3.48. The van der Waals surface area contributed by atoms with Crippen molar-refractivity contribution in [3.63, 3.8) is 0 Å². The predicted octanol–water partition coefficient (Wildman–Crippen LogP) is 1.57. The van der Waals surface area contributed by atoms with Crippen LogP contribution in [0, 0.1) is 0 Å². The minimum absolute atomic E-state index is 0.325. The number of carbonyl (C=O) groups is 3. The van der Waals surface area contributed by atoms with Crippen molar-refractivity contribution in [2.24, 2.45) is 0 Å². The van der Waals surface area contributed by atoms with Gasteiger partial charge in [0.2, 0.25) is 5.91 Å². The van der Waals surface area contributed by atoms with Crippen molar-refractivity contribution < 1.29 is 14.4 Å². The van der Waals surface area contributed by atoms with Gasteiger partial charge in [-0.25, -0.2) is 4.98 Å². The number of aromatic nitrogens is 2. The Balaban J connectivity index is 1.54. The Labute approximate surface area is 136 Å². The molecule has 0 unspecified atom stereocenters. The molecule has 4 rings (SSSR count). The second kappa shape index (κ2) is 5.31. The molecule has 2 aromatic heterocycles. The standard InChI is InChI=1S/C17H12N4O3/c22-14(19-13-6-3-8-20-9-7-18-15(13)20)10-21-16(23)11-4-1-2-5-12(11)17(21)24/h1-9H,10H2,(H,19,22). The first-order valence-electron chi connectivity index (χ1n) is 7.32. The molecule has 1 N–H and O–H groups in total. The van der Waals surface area contributed by atoms with Gasteiger partial charge in [0.25, 0.3) is 11.8 Å². The molecule has 0 bridgehead atoms.